The summed E-state index contributed by atoms with van der Waals surface area (Å²) < 4.78 is 1.61. The molecule has 7 nitrogen and oxygen atoms in total. The third kappa shape index (κ3) is 1.76. The first-order valence-electron chi connectivity index (χ1n) is 5.88. The summed E-state index contributed by atoms with van der Waals surface area (Å²) in [6.07, 6.45) is 4.78. The van der Waals surface area contributed by atoms with E-state index in [1.54, 1.807) is 4.68 Å². The van der Waals surface area contributed by atoms with Gasteiger partial charge in [0.05, 0.1) is 11.0 Å². The molecule has 0 amide bonds. The number of anilines is 1. The van der Waals surface area contributed by atoms with Gasteiger partial charge in [-0.05, 0) is 19.3 Å². The van der Waals surface area contributed by atoms with E-state index in [1.807, 2.05) is 0 Å². The highest BCUT2D eigenvalue weighted by atomic mass is 16.6. The molecule has 0 bridgehead atoms. The smallest absolute Gasteiger partial charge is 0.330 e. The Morgan fingerprint density at radius 2 is 2.18 bits per heavy atom. The SMILES string of the molecule is Nc1c([N+](=O)[O-])cnn1C1CCN(C2CC2)C1. The number of likely N-dealkylation sites (tertiary alicyclic amines) is 1. The second kappa shape index (κ2) is 3.69. The van der Waals surface area contributed by atoms with Gasteiger partial charge in [-0.3, -0.25) is 15.0 Å². The summed E-state index contributed by atoms with van der Waals surface area (Å²) >= 11 is 0. The minimum atomic E-state index is -0.480. The lowest BCUT2D eigenvalue weighted by Gasteiger charge is -2.15. The first-order chi connectivity index (χ1) is 8.16. The van der Waals surface area contributed by atoms with Crippen LogP contribution in [-0.2, 0) is 0 Å². The minimum absolute atomic E-state index is 0.0881. The van der Waals surface area contributed by atoms with Crippen LogP contribution in [0.5, 0.6) is 0 Å². The number of nitrogen functional groups attached to an aromatic ring is 1. The van der Waals surface area contributed by atoms with Gasteiger partial charge in [-0.15, -0.1) is 0 Å². The highest BCUT2D eigenvalue weighted by Crippen LogP contribution is 2.35. The standard InChI is InChI=1S/C10H15N5O2/c11-10-9(15(16)17)5-12-14(10)8-3-4-13(6-8)7-1-2-7/h5,7-8H,1-4,6,11H2. The van der Waals surface area contributed by atoms with Crippen LogP contribution in [0.1, 0.15) is 25.3 Å². The molecule has 2 heterocycles. The average Bonchev–Trinajstić information content (AvgIpc) is 2.89. The first kappa shape index (κ1) is 10.5. The summed E-state index contributed by atoms with van der Waals surface area (Å²) in [6.45, 7) is 1.95. The van der Waals surface area contributed by atoms with Crippen LogP contribution in [0.15, 0.2) is 6.20 Å². The Labute approximate surface area is 98.3 Å². The largest absolute Gasteiger partial charge is 0.378 e. The number of hydrogen-bond acceptors (Lipinski definition) is 5. The maximum Gasteiger partial charge on any atom is 0.330 e. The molecule has 1 atom stereocenters. The molecule has 1 aromatic rings. The van der Waals surface area contributed by atoms with Crippen LogP contribution in [0, 0.1) is 10.1 Å². The Morgan fingerprint density at radius 3 is 2.76 bits per heavy atom. The number of nitrogens with zero attached hydrogens (tertiary/aromatic N) is 4. The van der Waals surface area contributed by atoms with Gasteiger partial charge in [0, 0.05) is 19.1 Å². The van der Waals surface area contributed by atoms with E-state index in [0.29, 0.717) is 0 Å². The van der Waals surface area contributed by atoms with E-state index in [0.717, 1.165) is 25.6 Å². The summed E-state index contributed by atoms with van der Waals surface area (Å²) in [6, 6.07) is 0.913. The van der Waals surface area contributed by atoms with Crippen molar-refractivity contribution in [2.75, 3.05) is 18.8 Å². The van der Waals surface area contributed by atoms with Crippen LogP contribution < -0.4 is 5.73 Å². The van der Waals surface area contributed by atoms with Crippen LogP contribution in [0.25, 0.3) is 0 Å². The van der Waals surface area contributed by atoms with Gasteiger partial charge < -0.3 is 5.73 Å². The minimum Gasteiger partial charge on any atom is -0.378 e. The third-order valence-corrected chi connectivity index (χ3v) is 3.61. The third-order valence-electron chi connectivity index (χ3n) is 3.61. The van der Waals surface area contributed by atoms with E-state index >= 15 is 0 Å². The number of rotatable bonds is 3. The molecule has 0 radical (unpaired) electrons. The molecule has 92 valence electrons. The van der Waals surface area contributed by atoms with Crippen LogP contribution in [0.4, 0.5) is 11.5 Å². The summed E-state index contributed by atoms with van der Waals surface area (Å²) in [4.78, 5) is 12.6. The highest BCUT2D eigenvalue weighted by molar-refractivity contribution is 5.51. The Bertz CT molecular complexity index is 454. The van der Waals surface area contributed by atoms with Crippen LogP contribution >= 0.6 is 0 Å². The van der Waals surface area contributed by atoms with Crippen molar-refractivity contribution in [2.24, 2.45) is 0 Å². The Hall–Kier alpha value is -1.63. The predicted molar refractivity (Wildman–Crippen MR) is 61.5 cm³/mol. The lowest BCUT2D eigenvalue weighted by Crippen LogP contribution is -2.24. The molecule has 1 aromatic heterocycles. The second-order valence-corrected chi connectivity index (χ2v) is 4.79. The van der Waals surface area contributed by atoms with Gasteiger partial charge in [0.1, 0.15) is 6.20 Å². The van der Waals surface area contributed by atoms with E-state index in [9.17, 15) is 10.1 Å². The molecule has 2 N–H and O–H groups in total. The van der Waals surface area contributed by atoms with Crippen LogP contribution in [-0.4, -0.2) is 38.7 Å². The fourth-order valence-electron chi connectivity index (χ4n) is 2.53. The first-order valence-corrected chi connectivity index (χ1v) is 5.88. The Morgan fingerprint density at radius 1 is 1.41 bits per heavy atom. The van der Waals surface area contributed by atoms with Gasteiger partial charge in [-0.1, -0.05) is 0 Å². The quantitative estimate of drug-likeness (QED) is 0.619. The number of nitro groups is 1. The lowest BCUT2D eigenvalue weighted by molar-refractivity contribution is -0.384. The van der Waals surface area contributed by atoms with Gasteiger partial charge in [-0.2, -0.15) is 5.10 Å². The molecule has 0 aromatic carbocycles. The number of hydrogen-bond donors (Lipinski definition) is 1. The van der Waals surface area contributed by atoms with E-state index in [1.165, 1.54) is 19.0 Å². The van der Waals surface area contributed by atoms with E-state index in [2.05, 4.69) is 10.00 Å². The molecule has 1 aliphatic carbocycles. The fourth-order valence-corrected chi connectivity index (χ4v) is 2.53. The molecule has 7 heteroatoms. The molecule has 1 saturated carbocycles. The van der Waals surface area contributed by atoms with E-state index in [4.69, 9.17) is 5.73 Å². The van der Waals surface area contributed by atoms with Gasteiger partial charge >= 0.3 is 5.69 Å². The zero-order valence-corrected chi connectivity index (χ0v) is 9.45. The zero-order chi connectivity index (χ0) is 12.0. The molecule has 2 fully saturated rings. The van der Waals surface area contributed by atoms with Crippen molar-refractivity contribution in [1.29, 1.82) is 0 Å². The summed E-state index contributed by atoms with van der Waals surface area (Å²) in [5, 5.41) is 14.8. The fraction of sp³-hybridized carbons (Fsp3) is 0.700. The zero-order valence-electron chi connectivity index (χ0n) is 9.45. The van der Waals surface area contributed by atoms with Crippen molar-refractivity contribution in [3.05, 3.63) is 16.3 Å². The molecular weight excluding hydrogens is 222 g/mol. The van der Waals surface area contributed by atoms with E-state index in [-0.39, 0.29) is 17.5 Å². The van der Waals surface area contributed by atoms with Gasteiger partial charge in [0.25, 0.3) is 0 Å². The Kier molecular flexibility index (Phi) is 2.29. The van der Waals surface area contributed by atoms with Gasteiger partial charge in [0.15, 0.2) is 0 Å². The number of nitrogens with two attached hydrogens (primary N) is 1. The van der Waals surface area contributed by atoms with Crippen molar-refractivity contribution in [2.45, 2.75) is 31.3 Å². The molecular formula is C10H15N5O2. The van der Waals surface area contributed by atoms with Gasteiger partial charge in [-0.25, -0.2) is 4.68 Å². The van der Waals surface area contributed by atoms with Crippen molar-refractivity contribution >= 4 is 11.5 Å². The molecule has 1 aliphatic heterocycles. The lowest BCUT2D eigenvalue weighted by atomic mass is 10.3. The molecule has 2 aliphatic rings. The normalized spacial score (nSPS) is 25.3. The molecule has 0 spiro atoms. The van der Waals surface area contributed by atoms with Crippen LogP contribution in [0.3, 0.4) is 0 Å². The van der Waals surface area contributed by atoms with Crippen molar-refractivity contribution < 1.29 is 4.92 Å². The van der Waals surface area contributed by atoms with Crippen molar-refractivity contribution in [3.8, 4) is 0 Å². The van der Waals surface area contributed by atoms with Crippen LogP contribution in [0.2, 0.25) is 0 Å². The number of aromatic nitrogens is 2. The average molecular weight is 237 g/mol. The summed E-state index contributed by atoms with van der Waals surface area (Å²) in [7, 11) is 0. The topological polar surface area (TPSA) is 90.2 Å². The molecule has 17 heavy (non-hydrogen) atoms. The van der Waals surface area contributed by atoms with Crippen molar-refractivity contribution in [1.82, 2.24) is 14.7 Å². The highest BCUT2D eigenvalue weighted by Gasteiger charge is 2.36. The summed E-state index contributed by atoms with van der Waals surface area (Å²) in [5.41, 5.74) is 5.67. The maximum atomic E-state index is 10.7. The van der Waals surface area contributed by atoms with E-state index < -0.39 is 4.92 Å². The molecule has 1 saturated heterocycles. The molecule has 3 rings (SSSR count). The summed E-state index contributed by atoms with van der Waals surface area (Å²) in [5.74, 6) is 0.178. The van der Waals surface area contributed by atoms with Crippen molar-refractivity contribution in [3.63, 3.8) is 0 Å². The predicted octanol–water partition coefficient (Wildman–Crippen LogP) is 0.783. The molecule has 1 unspecified atom stereocenters. The second-order valence-electron chi connectivity index (χ2n) is 4.79. The van der Waals surface area contributed by atoms with Gasteiger partial charge in [0.2, 0.25) is 5.82 Å². The maximum absolute atomic E-state index is 10.7. The monoisotopic (exact) mass is 237 g/mol. The Balaban J connectivity index is 1.78.